The molecule has 0 atom stereocenters. The first-order valence-corrected chi connectivity index (χ1v) is 6.40. The van der Waals surface area contributed by atoms with Gasteiger partial charge in [-0.2, -0.15) is 0 Å². The van der Waals surface area contributed by atoms with Crippen molar-refractivity contribution < 1.29 is 31.2 Å². The quantitative estimate of drug-likeness (QED) is 0.591. The number of rotatable bonds is 2. The predicted molar refractivity (Wildman–Crippen MR) is 14.7 cm³/mol. The Kier molecular flexibility index (Phi) is 24.6. The van der Waals surface area contributed by atoms with Crippen molar-refractivity contribution in [1.29, 1.82) is 0 Å². The van der Waals surface area contributed by atoms with Gasteiger partial charge in [-0.25, -0.2) is 0 Å². The first-order valence-electron chi connectivity index (χ1n) is 1.23. The average molecular weight is 269 g/mol. The zero-order valence-corrected chi connectivity index (χ0v) is 11.3. The summed E-state index contributed by atoms with van der Waals surface area (Å²) in [4.78, 5) is 0. The monoisotopic (exact) mass is 266 g/mol. The van der Waals surface area contributed by atoms with E-state index < -0.39 is 35.5 Å². The molecule has 0 rings (SSSR count). The van der Waals surface area contributed by atoms with Gasteiger partial charge in [-0.05, 0) is 0 Å². The molecule has 0 aliphatic heterocycles. The van der Waals surface area contributed by atoms with Crippen LogP contribution in [0.3, 0.4) is 0 Å². The molecule has 4 nitrogen and oxygen atoms in total. The molecule has 0 N–H and O–H groups in total. The predicted octanol–water partition coefficient (Wildman–Crippen LogP) is -1.19. The molecule has 0 spiro atoms. The van der Waals surface area contributed by atoms with Crippen LogP contribution in [0.4, 0.5) is 0 Å². The van der Waals surface area contributed by atoms with Gasteiger partial charge in [0.25, 0.3) is 0 Å². The van der Waals surface area contributed by atoms with E-state index >= 15 is 0 Å². The SMILES string of the molecule is [O]=[Ga][O][Ga]=[O].[O]=[Zn]. The maximum absolute atomic E-state index is 9.30. The van der Waals surface area contributed by atoms with E-state index in [9.17, 15) is 7.08 Å². The second-order valence-corrected chi connectivity index (χ2v) is 4.67. The van der Waals surface area contributed by atoms with Gasteiger partial charge in [-0.1, -0.05) is 0 Å². The second kappa shape index (κ2) is 15.7. The summed E-state index contributed by atoms with van der Waals surface area (Å²) in [6, 6.07) is 0. The van der Waals surface area contributed by atoms with Crippen molar-refractivity contribution in [1.82, 2.24) is 0 Å². The molecule has 7 heteroatoms. The van der Waals surface area contributed by atoms with Gasteiger partial charge in [0, 0.05) is 0 Å². The summed E-state index contributed by atoms with van der Waals surface area (Å²) in [7, 11) is 0. The van der Waals surface area contributed by atoms with E-state index in [1.165, 1.54) is 0 Å². The van der Waals surface area contributed by atoms with Crippen LogP contribution in [-0.2, 0) is 31.2 Å². The van der Waals surface area contributed by atoms with Crippen LogP contribution in [0.25, 0.3) is 0 Å². The molecular weight excluding hydrogens is 269 g/mol. The van der Waals surface area contributed by atoms with Gasteiger partial charge in [0.2, 0.25) is 0 Å². The number of hydrogen-bond acceptors (Lipinski definition) is 4. The molecule has 0 heterocycles. The Morgan fingerprint density at radius 2 is 1.43 bits per heavy atom. The molecule has 0 aromatic rings. The fraction of sp³-hybridized carbons (Fsp3) is 0. The molecular formula is Ga2O4Zn. The molecule has 32 valence electrons. The molecule has 0 aliphatic rings. The zero-order chi connectivity index (χ0) is 6.12. The van der Waals surface area contributed by atoms with Crippen LogP contribution in [0.15, 0.2) is 0 Å². The molecule has 0 radical (unpaired) electrons. The van der Waals surface area contributed by atoms with Gasteiger partial charge < -0.3 is 0 Å². The van der Waals surface area contributed by atoms with Crippen molar-refractivity contribution in [2.45, 2.75) is 0 Å². The summed E-state index contributed by atoms with van der Waals surface area (Å²) >= 11 is -3.27. The summed E-state index contributed by atoms with van der Waals surface area (Å²) < 4.78 is 31.0. The zero-order valence-electron chi connectivity index (χ0n) is 3.49. The third-order valence-electron chi connectivity index (χ3n) is 0.111. The van der Waals surface area contributed by atoms with Gasteiger partial charge in [-0.3, -0.25) is 0 Å². The van der Waals surface area contributed by atoms with E-state index in [4.69, 9.17) is 3.57 Å². The van der Waals surface area contributed by atoms with Gasteiger partial charge in [0.15, 0.2) is 0 Å². The molecule has 0 aromatic heterocycles. The van der Waals surface area contributed by atoms with E-state index in [0.717, 1.165) is 0 Å². The summed E-state index contributed by atoms with van der Waals surface area (Å²) in [6.45, 7) is 0. The first-order chi connectivity index (χ1) is 3.41. The van der Waals surface area contributed by atoms with E-state index in [1.807, 2.05) is 0 Å². The molecule has 0 saturated heterocycles. The number of hydrogen-bond donors (Lipinski definition) is 0. The normalized spacial score (nSPS) is 3.71. The van der Waals surface area contributed by atoms with Crippen LogP contribution in [0, 0.1) is 0 Å². The van der Waals surface area contributed by atoms with Gasteiger partial charge in [-0.15, -0.1) is 0 Å². The van der Waals surface area contributed by atoms with Crippen molar-refractivity contribution in [3.8, 4) is 0 Å². The molecule has 0 fully saturated rings. The van der Waals surface area contributed by atoms with Crippen LogP contribution >= 0.6 is 0 Å². The van der Waals surface area contributed by atoms with Crippen LogP contribution in [0.2, 0.25) is 0 Å². The summed E-state index contributed by atoms with van der Waals surface area (Å²) in [5.41, 5.74) is 0. The first kappa shape index (κ1) is 11.0. The second-order valence-electron chi connectivity index (χ2n) is 0.329. The summed E-state index contributed by atoms with van der Waals surface area (Å²) in [6.07, 6.45) is 0. The molecule has 0 unspecified atom stereocenters. The fourth-order valence-corrected chi connectivity index (χ4v) is 0.612. The standard InChI is InChI=1S/2Ga.4O.Zn. The van der Waals surface area contributed by atoms with Crippen molar-refractivity contribution in [3.05, 3.63) is 0 Å². The van der Waals surface area contributed by atoms with E-state index in [2.05, 4.69) is 2.32 Å². The third kappa shape index (κ3) is 19.2. The Labute approximate surface area is 66.3 Å². The molecule has 7 heavy (non-hydrogen) atoms. The van der Waals surface area contributed by atoms with Crippen LogP contribution < -0.4 is 0 Å². The van der Waals surface area contributed by atoms with Crippen molar-refractivity contribution in [2.24, 2.45) is 0 Å². The van der Waals surface area contributed by atoms with Crippen molar-refractivity contribution >= 4 is 35.5 Å². The van der Waals surface area contributed by atoms with E-state index in [-0.39, 0.29) is 18.3 Å². The van der Waals surface area contributed by atoms with Gasteiger partial charge >= 0.3 is 66.7 Å². The third-order valence-corrected chi connectivity index (χ3v) is 3.00. The Hall–Kier alpha value is 1.10. The maximum atomic E-state index is 9.30. The van der Waals surface area contributed by atoms with E-state index in [1.54, 1.807) is 0 Å². The summed E-state index contributed by atoms with van der Waals surface area (Å²) in [5.74, 6) is 0. The molecule has 0 saturated carbocycles. The van der Waals surface area contributed by atoms with E-state index in [0.29, 0.717) is 0 Å². The molecule has 0 bridgehead atoms. The Balaban J connectivity index is 0. The van der Waals surface area contributed by atoms with Crippen molar-refractivity contribution in [2.75, 3.05) is 0 Å². The Bertz CT molecular complexity index is 47.7. The van der Waals surface area contributed by atoms with Crippen LogP contribution in [0.1, 0.15) is 0 Å². The molecule has 0 amide bonds. The minimum atomic E-state index is -1.70. The fourth-order valence-electron chi connectivity index (χ4n) is 0.0227. The van der Waals surface area contributed by atoms with Gasteiger partial charge in [0.05, 0.1) is 0 Å². The molecule has 0 aromatic carbocycles. The Morgan fingerprint density at radius 1 is 1.14 bits per heavy atom. The van der Waals surface area contributed by atoms with Gasteiger partial charge in [0.1, 0.15) is 0 Å². The topological polar surface area (TPSA) is 60.4 Å². The van der Waals surface area contributed by atoms with Crippen LogP contribution in [-0.4, -0.2) is 35.5 Å². The minimum absolute atomic E-state index is 0.125. The Morgan fingerprint density at radius 3 is 1.43 bits per heavy atom. The molecule has 0 aliphatic carbocycles. The summed E-state index contributed by atoms with van der Waals surface area (Å²) in [5, 5.41) is 0. The van der Waals surface area contributed by atoms with Crippen molar-refractivity contribution in [3.63, 3.8) is 0 Å². The van der Waals surface area contributed by atoms with Crippen LogP contribution in [0.5, 0.6) is 0 Å². The average Bonchev–Trinajstić information content (AvgIpc) is 1.75.